The highest BCUT2D eigenvalue weighted by atomic mass is 79.9. The fraction of sp³-hybridized carbons (Fsp3) is 0.294. The van der Waals surface area contributed by atoms with Crippen LogP contribution in [0.2, 0.25) is 0 Å². The number of aryl methyl sites for hydroxylation is 1. The topological polar surface area (TPSA) is 67.4 Å². The van der Waals surface area contributed by atoms with Crippen LogP contribution in [0.1, 0.15) is 27.2 Å². The van der Waals surface area contributed by atoms with Gasteiger partial charge in [-0.2, -0.15) is 8.78 Å². The Balaban J connectivity index is 1.92. The molecule has 0 bridgehead atoms. The first-order chi connectivity index (χ1) is 13.5. The molecule has 0 radical (unpaired) electrons. The van der Waals surface area contributed by atoms with Crippen LogP contribution in [0.3, 0.4) is 0 Å². The summed E-state index contributed by atoms with van der Waals surface area (Å²) >= 11 is 2.93. The Hall–Kier alpha value is -2.21. The molecule has 29 heavy (non-hydrogen) atoms. The number of para-hydroxylation sites is 2. The second-order valence-corrected chi connectivity index (χ2v) is 8.11. The number of alkyl halides is 6. The molecule has 0 saturated carbocycles. The summed E-state index contributed by atoms with van der Waals surface area (Å²) in [5.41, 5.74) is 0.278. The van der Waals surface area contributed by atoms with E-state index in [0.717, 1.165) is 28.7 Å². The molecule has 156 valence electrons. The van der Waals surface area contributed by atoms with Crippen LogP contribution in [0, 0.1) is 0 Å². The number of carbonyl (C=O) groups is 2. The van der Waals surface area contributed by atoms with Gasteiger partial charge in [-0.1, -0.05) is 12.1 Å². The summed E-state index contributed by atoms with van der Waals surface area (Å²) in [6.45, 7) is 0. The van der Waals surface area contributed by atoms with Gasteiger partial charge in [-0.25, -0.2) is 0 Å². The first-order valence-electron chi connectivity index (χ1n) is 8.14. The van der Waals surface area contributed by atoms with Gasteiger partial charge >= 0.3 is 17.1 Å². The quantitative estimate of drug-likeness (QED) is 0.433. The van der Waals surface area contributed by atoms with E-state index in [1.165, 1.54) is 18.2 Å². The molecule has 0 spiro atoms. The molecule has 1 aromatic carbocycles. The minimum Gasteiger partial charge on any atom is -0.404 e. The van der Waals surface area contributed by atoms with Gasteiger partial charge in [0.1, 0.15) is 5.00 Å². The molecule has 2 aromatic rings. The van der Waals surface area contributed by atoms with Crippen molar-refractivity contribution in [3.63, 3.8) is 0 Å². The summed E-state index contributed by atoms with van der Waals surface area (Å²) in [5, 5.41) is 4.23. The molecular formula is C17H12BrF5N2O3S. The molecule has 12 heteroatoms. The number of carbonyl (C=O) groups excluding carboxylic acids is 2. The SMILES string of the molecule is O=C(Nc1ccccc1OC(F)(F)F)c1c(NC(=O)C(F)(F)Br)sc2c1CCC2. The van der Waals surface area contributed by atoms with Crippen LogP contribution < -0.4 is 15.4 Å². The smallest absolute Gasteiger partial charge is 0.404 e. The number of nitrogens with one attached hydrogen (secondary N) is 2. The zero-order valence-corrected chi connectivity index (χ0v) is 16.7. The van der Waals surface area contributed by atoms with Crippen LogP contribution in [0.4, 0.5) is 32.6 Å². The lowest BCUT2D eigenvalue weighted by Crippen LogP contribution is -2.29. The number of fused-ring (bicyclic) bond motifs is 1. The van der Waals surface area contributed by atoms with E-state index in [9.17, 15) is 31.5 Å². The Kier molecular flexibility index (Phi) is 5.86. The lowest BCUT2D eigenvalue weighted by molar-refractivity contribution is -0.274. The molecule has 0 saturated heterocycles. The van der Waals surface area contributed by atoms with Crippen LogP contribution in [0.5, 0.6) is 5.75 Å². The highest BCUT2D eigenvalue weighted by molar-refractivity contribution is 9.10. The van der Waals surface area contributed by atoms with Crippen molar-refractivity contribution >= 4 is 49.8 Å². The minimum absolute atomic E-state index is 0.0468. The highest BCUT2D eigenvalue weighted by Crippen LogP contribution is 2.41. The normalized spacial score (nSPS) is 13.7. The molecule has 1 aliphatic carbocycles. The number of benzene rings is 1. The Bertz CT molecular complexity index is 956. The molecule has 1 aromatic heterocycles. The Morgan fingerprint density at radius 1 is 1.07 bits per heavy atom. The predicted octanol–water partition coefficient (Wildman–Crippen LogP) is 5.31. The standard InChI is InChI=1S/C17H12BrF5N2O3S/c18-16(19,20)15(27)25-14-12(8-4-3-7-11(8)29-14)13(26)24-9-5-1-2-6-10(9)28-17(21,22)23/h1-2,5-6H,3-4,7H2,(H,24,26)(H,25,27). The van der Waals surface area contributed by atoms with E-state index in [4.69, 9.17) is 0 Å². The number of rotatable bonds is 5. The molecule has 5 nitrogen and oxygen atoms in total. The lowest BCUT2D eigenvalue weighted by atomic mass is 10.1. The Morgan fingerprint density at radius 2 is 1.76 bits per heavy atom. The highest BCUT2D eigenvalue weighted by Gasteiger charge is 2.37. The van der Waals surface area contributed by atoms with Gasteiger partial charge in [0, 0.05) is 20.8 Å². The van der Waals surface area contributed by atoms with E-state index in [1.807, 2.05) is 21.2 Å². The molecule has 0 fully saturated rings. The zero-order chi connectivity index (χ0) is 21.4. The third-order valence-corrected chi connectivity index (χ3v) is 5.56. The van der Waals surface area contributed by atoms with Gasteiger partial charge in [-0.3, -0.25) is 9.59 Å². The number of anilines is 2. The van der Waals surface area contributed by atoms with Crippen LogP contribution in [-0.4, -0.2) is 23.0 Å². The van der Waals surface area contributed by atoms with Gasteiger partial charge in [-0.05, 0) is 37.0 Å². The first-order valence-corrected chi connectivity index (χ1v) is 9.75. The van der Waals surface area contributed by atoms with Crippen molar-refractivity contribution in [2.45, 2.75) is 30.5 Å². The average molecular weight is 499 g/mol. The maximum Gasteiger partial charge on any atom is 0.573 e. The van der Waals surface area contributed by atoms with Gasteiger partial charge < -0.3 is 15.4 Å². The maximum absolute atomic E-state index is 13.2. The van der Waals surface area contributed by atoms with Crippen molar-refractivity contribution in [1.29, 1.82) is 0 Å². The predicted molar refractivity (Wildman–Crippen MR) is 99.9 cm³/mol. The minimum atomic E-state index is -4.97. The van der Waals surface area contributed by atoms with Gasteiger partial charge in [0.25, 0.3) is 5.91 Å². The van der Waals surface area contributed by atoms with Gasteiger partial charge in [0.15, 0.2) is 5.75 Å². The number of hydrogen-bond acceptors (Lipinski definition) is 4. The van der Waals surface area contributed by atoms with Crippen LogP contribution in [0.15, 0.2) is 24.3 Å². The van der Waals surface area contributed by atoms with E-state index in [-0.39, 0.29) is 16.3 Å². The summed E-state index contributed by atoms with van der Waals surface area (Å²) in [4.78, 5) is 21.3. The number of hydrogen-bond donors (Lipinski definition) is 2. The fourth-order valence-corrected chi connectivity index (χ4v) is 4.26. The summed E-state index contributed by atoms with van der Waals surface area (Å²) in [5.74, 6) is -3.12. The van der Waals surface area contributed by atoms with Crippen molar-refractivity contribution in [2.75, 3.05) is 10.6 Å². The molecule has 0 aliphatic heterocycles. The van der Waals surface area contributed by atoms with Crippen molar-refractivity contribution in [2.24, 2.45) is 0 Å². The first kappa shape index (κ1) is 21.5. The molecule has 3 rings (SSSR count). The average Bonchev–Trinajstić information content (AvgIpc) is 3.14. The Morgan fingerprint density at radius 3 is 2.41 bits per heavy atom. The maximum atomic E-state index is 13.2. The van der Waals surface area contributed by atoms with Crippen LogP contribution in [0.25, 0.3) is 0 Å². The van der Waals surface area contributed by atoms with E-state index in [1.54, 1.807) is 0 Å². The summed E-state index contributed by atoms with van der Waals surface area (Å²) in [7, 11) is 0. The Labute approximate surface area is 173 Å². The van der Waals surface area contributed by atoms with Crippen molar-refractivity contribution in [3.05, 3.63) is 40.3 Å². The van der Waals surface area contributed by atoms with E-state index in [2.05, 4.69) is 10.1 Å². The van der Waals surface area contributed by atoms with Crippen LogP contribution >= 0.6 is 27.3 Å². The van der Waals surface area contributed by atoms with Gasteiger partial charge in [-0.15, -0.1) is 24.5 Å². The molecule has 0 atom stereocenters. The van der Waals surface area contributed by atoms with E-state index in [0.29, 0.717) is 18.4 Å². The number of halogens is 6. The van der Waals surface area contributed by atoms with E-state index >= 15 is 0 Å². The largest absolute Gasteiger partial charge is 0.573 e. The molecule has 2 N–H and O–H groups in total. The lowest BCUT2D eigenvalue weighted by Gasteiger charge is -2.15. The second kappa shape index (κ2) is 7.90. The van der Waals surface area contributed by atoms with E-state index < -0.39 is 28.8 Å². The number of thiophene rings is 1. The third kappa shape index (κ3) is 5.04. The molecule has 0 unspecified atom stereocenters. The molecular weight excluding hydrogens is 487 g/mol. The zero-order valence-electron chi connectivity index (χ0n) is 14.3. The van der Waals surface area contributed by atoms with Crippen molar-refractivity contribution < 1.29 is 36.3 Å². The summed E-state index contributed by atoms with van der Waals surface area (Å²) in [6.07, 6.45) is -3.15. The summed E-state index contributed by atoms with van der Waals surface area (Å²) < 4.78 is 68.0. The van der Waals surface area contributed by atoms with Gasteiger partial charge in [0.05, 0.1) is 11.3 Å². The molecule has 1 heterocycles. The van der Waals surface area contributed by atoms with Crippen molar-refractivity contribution in [3.8, 4) is 5.75 Å². The monoisotopic (exact) mass is 498 g/mol. The fourth-order valence-electron chi connectivity index (χ4n) is 2.87. The molecule has 1 aliphatic rings. The molecule has 2 amide bonds. The second-order valence-electron chi connectivity index (χ2n) is 6.01. The van der Waals surface area contributed by atoms with Crippen LogP contribution in [-0.2, 0) is 17.6 Å². The number of ether oxygens (including phenoxy) is 1. The third-order valence-electron chi connectivity index (χ3n) is 3.99. The van der Waals surface area contributed by atoms with Gasteiger partial charge in [0.2, 0.25) is 0 Å². The number of amides is 2. The van der Waals surface area contributed by atoms with Crippen molar-refractivity contribution in [1.82, 2.24) is 0 Å². The summed E-state index contributed by atoms with van der Waals surface area (Å²) in [6, 6.07) is 4.92.